The molecule has 0 saturated heterocycles. The molecule has 2 nitrogen and oxygen atoms in total. The number of rotatable bonds is 13. The van der Waals surface area contributed by atoms with Gasteiger partial charge in [0.2, 0.25) is 0 Å². The summed E-state index contributed by atoms with van der Waals surface area (Å²) in [5.41, 5.74) is 1.46. The van der Waals surface area contributed by atoms with Crippen LogP contribution in [0.4, 0.5) is 0 Å². The highest BCUT2D eigenvalue weighted by Crippen LogP contribution is 2.38. The number of benzene rings is 2. The Balaban J connectivity index is 2.18. The molecule has 0 bridgehead atoms. The molecule has 154 valence electrons. The lowest BCUT2D eigenvalue weighted by atomic mass is 9.75. The molecule has 0 aromatic heterocycles. The number of unbranched alkanes of at least 4 members (excludes halogenated alkanes) is 3. The number of hydrogen-bond acceptors (Lipinski definition) is 2. The average molecular weight is 383 g/mol. The summed E-state index contributed by atoms with van der Waals surface area (Å²) in [6.07, 6.45) is 7.46. The van der Waals surface area contributed by atoms with Crippen molar-refractivity contribution in [3.8, 4) is 0 Å². The van der Waals surface area contributed by atoms with Crippen molar-refractivity contribution in [3.63, 3.8) is 0 Å². The minimum atomic E-state index is -0.904. The predicted octanol–water partition coefficient (Wildman–Crippen LogP) is 6.88. The molecule has 0 heterocycles. The van der Waals surface area contributed by atoms with Gasteiger partial charge in [0, 0.05) is 5.92 Å². The molecule has 2 aromatic rings. The predicted molar refractivity (Wildman–Crippen MR) is 118 cm³/mol. The van der Waals surface area contributed by atoms with Crippen molar-refractivity contribution in [2.24, 2.45) is 0 Å². The van der Waals surface area contributed by atoms with Crippen LogP contribution < -0.4 is 0 Å². The first-order valence-corrected chi connectivity index (χ1v) is 11.0. The summed E-state index contributed by atoms with van der Waals surface area (Å²) in [6, 6.07) is 20.7. The second kappa shape index (κ2) is 12.0. The molecular weight excluding hydrogens is 344 g/mol. The summed E-state index contributed by atoms with van der Waals surface area (Å²) in [7, 11) is 0. The van der Waals surface area contributed by atoms with Crippen molar-refractivity contribution >= 4 is 0 Å². The molecule has 0 fully saturated rings. The van der Waals surface area contributed by atoms with Gasteiger partial charge in [-0.3, -0.25) is 0 Å². The minimum Gasteiger partial charge on any atom is -0.387 e. The lowest BCUT2D eigenvalue weighted by Gasteiger charge is -2.40. The molecule has 3 unspecified atom stereocenters. The molecule has 0 spiro atoms. The molecule has 3 atom stereocenters. The van der Waals surface area contributed by atoms with E-state index in [4.69, 9.17) is 4.74 Å². The van der Waals surface area contributed by atoms with E-state index in [1.165, 1.54) is 24.8 Å². The maximum Gasteiger partial charge on any atom is 0.0948 e. The van der Waals surface area contributed by atoms with Gasteiger partial charge >= 0.3 is 0 Å². The summed E-state index contributed by atoms with van der Waals surface area (Å²) in [5, 5.41) is 11.7. The number of aliphatic hydroxyl groups is 1. The maximum absolute atomic E-state index is 11.7. The van der Waals surface area contributed by atoms with E-state index in [0.717, 1.165) is 31.2 Å². The molecule has 0 radical (unpaired) electrons. The SMILES string of the molecule is CCCCCCC(OCc1ccccc1)C(C)(O)C(CCC)c1ccccc1. The molecule has 28 heavy (non-hydrogen) atoms. The van der Waals surface area contributed by atoms with Crippen LogP contribution in [0.3, 0.4) is 0 Å². The van der Waals surface area contributed by atoms with Gasteiger partial charge in [-0.25, -0.2) is 0 Å². The van der Waals surface area contributed by atoms with E-state index < -0.39 is 5.60 Å². The van der Waals surface area contributed by atoms with Gasteiger partial charge in [0.15, 0.2) is 0 Å². The zero-order valence-corrected chi connectivity index (χ0v) is 17.9. The summed E-state index contributed by atoms with van der Waals surface area (Å²) >= 11 is 0. The van der Waals surface area contributed by atoms with Gasteiger partial charge in [-0.1, -0.05) is 107 Å². The molecule has 0 aliphatic heterocycles. The molecule has 2 aromatic carbocycles. The van der Waals surface area contributed by atoms with Crippen LogP contribution in [0.5, 0.6) is 0 Å². The number of hydrogen-bond donors (Lipinski definition) is 1. The molecule has 1 N–H and O–H groups in total. The molecule has 0 saturated carbocycles. The Morgan fingerprint density at radius 2 is 1.46 bits per heavy atom. The van der Waals surface area contributed by atoms with Gasteiger partial charge in [-0.15, -0.1) is 0 Å². The zero-order chi connectivity index (χ0) is 20.2. The molecule has 2 heteroatoms. The second-order valence-corrected chi connectivity index (χ2v) is 8.11. The monoisotopic (exact) mass is 382 g/mol. The average Bonchev–Trinajstić information content (AvgIpc) is 2.72. The van der Waals surface area contributed by atoms with Crippen LogP contribution in [-0.2, 0) is 11.3 Å². The van der Waals surface area contributed by atoms with Crippen LogP contribution in [0.2, 0.25) is 0 Å². The van der Waals surface area contributed by atoms with Crippen molar-refractivity contribution in [1.29, 1.82) is 0 Å². The Hall–Kier alpha value is -1.64. The Labute approximate surface area is 172 Å². The Morgan fingerprint density at radius 3 is 2.07 bits per heavy atom. The first kappa shape index (κ1) is 22.6. The Morgan fingerprint density at radius 1 is 0.821 bits per heavy atom. The van der Waals surface area contributed by atoms with Crippen LogP contribution in [0.25, 0.3) is 0 Å². The summed E-state index contributed by atoms with van der Waals surface area (Å²) in [5.74, 6) is 0.0747. The molecule has 0 amide bonds. The van der Waals surface area contributed by atoms with Crippen LogP contribution in [-0.4, -0.2) is 16.8 Å². The maximum atomic E-state index is 11.7. The third-order valence-corrected chi connectivity index (χ3v) is 5.75. The first-order chi connectivity index (χ1) is 13.6. The van der Waals surface area contributed by atoms with Gasteiger partial charge < -0.3 is 9.84 Å². The normalized spacial score (nSPS) is 15.7. The van der Waals surface area contributed by atoms with E-state index in [1.807, 2.05) is 31.2 Å². The van der Waals surface area contributed by atoms with Crippen LogP contribution in [0, 0.1) is 0 Å². The fourth-order valence-corrected chi connectivity index (χ4v) is 4.07. The highest BCUT2D eigenvalue weighted by atomic mass is 16.5. The summed E-state index contributed by atoms with van der Waals surface area (Å²) in [6.45, 7) is 6.94. The number of ether oxygens (including phenoxy) is 1. The molecule has 2 rings (SSSR count). The van der Waals surface area contributed by atoms with Crippen molar-refractivity contribution in [2.45, 2.75) is 89.9 Å². The van der Waals surface area contributed by atoms with E-state index in [1.54, 1.807) is 0 Å². The standard InChI is InChI=1S/C26H38O2/c1-4-6-7-14-20-25(28-21-22-16-10-8-11-17-22)26(3,27)24(15-5-2)23-18-12-9-13-19-23/h8-13,16-19,24-25,27H,4-7,14-15,20-21H2,1-3H3. The van der Waals surface area contributed by atoms with Gasteiger partial charge in [-0.2, -0.15) is 0 Å². The Bertz CT molecular complexity index is 636. The van der Waals surface area contributed by atoms with E-state index >= 15 is 0 Å². The lowest BCUT2D eigenvalue weighted by Crippen LogP contribution is -2.46. The quantitative estimate of drug-likeness (QED) is 0.383. The van der Waals surface area contributed by atoms with Crippen molar-refractivity contribution in [3.05, 3.63) is 71.8 Å². The van der Waals surface area contributed by atoms with Crippen molar-refractivity contribution in [2.75, 3.05) is 0 Å². The molecular formula is C26H38O2. The third-order valence-electron chi connectivity index (χ3n) is 5.75. The minimum absolute atomic E-state index is 0.0747. The van der Waals surface area contributed by atoms with E-state index in [2.05, 4.69) is 50.2 Å². The highest BCUT2D eigenvalue weighted by molar-refractivity contribution is 5.23. The van der Waals surface area contributed by atoms with E-state index in [9.17, 15) is 5.11 Å². The van der Waals surface area contributed by atoms with E-state index in [-0.39, 0.29) is 12.0 Å². The lowest BCUT2D eigenvalue weighted by molar-refractivity contribution is -0.124. The van der Waals surface area contributed by atoms with Crippen molar-refractivity contribution in [1.82, 2.24) is 0 Å². The van der Waals surface area contributed by atoms with E-state index in [0.29, 0.717) is 6.61 Å². The van der Waals surface area contributed by atoms with Crippen LogP contribution in [0.1, 0.15) is 82.8 Å². The van der Waals surface area contributed by atoms with Gasteiger partial charge in [0.25, 0.3) is 0 Å². The smallest absolute Gasteiger partial charge is 0.0948 e. The zero-order valence-electron chi connectivity index (χ0n) is 17.9. The fourth-order valence-electron chi connectivity index (χ4n) is 4.07. The molecule has 0 aliphatic rings. The highest BCUT2D eigenvalue weighted by Gasteiger charge is 2.40. The van der Waals surface area contributed by atoms with Gasteiger partial charge in [0.1, 0.15) is 0 Å². The molecule has 0 aliphatic carbocycles. The van der Waals surface area contributed by atoms with Gasteiger partial charge in [-0.05, 0) is 30.9 Å². The second-order valence-electron chi connectivity index (χ2n) is 8.11. The summed E-state index contributed by atoms with van der Waals surface area (Å²) in [4.78, 5) is 0. The van der Waals surface area contributed by atoms with Crippen LogP contribution in [0.15, 0.2) is 60.7 Å². The first-order valence-electron chi connectivity index (χ1n) is 11.0. The summed E-state index contributed by atoms with van der Waals surface area (Å²) < 4.78 is 6.37. The largest absolute Gasteiger partial charge is 0.387 e. The topological polar surface area (TPSA) is 29.5 Å². The Kier molecular flexibility index (Phi) is 9.73. The third kappa shape index (κ3) is 6.76. The van der Waals surface area contributed by atoms with Crippen LogP contribution >= 0.6 is 0 Å². The van der Waals surface area contributed by atoms with Gasteiger partial charge in [0.05, 0.1) is 18.3 Å². The fraction of sp³-hybridized carbons (Fsp3) is 0.538. The van der Waals surface area contributed by atoms with Crippen molar-refractivity contribution < 1.29 is 9.84 Å².